The standard InChI is InChI=1S/C35H59NO6/c1-23(2)8-7-9-24(3)28-12-13-29-27-11-10-25-20-26(14-16-34(25,5)30(27)15-17-35(28,29)6)42-32(40)36-18-19-41-31(39)33(4,21-37)22-38/h10,23-24,26-30,37-38H,7-9,11-22H2,1-6H3,(H,36,40)/t24-,26?,27+,28?,29?,30?,34+,35-/m0/s1. The first-order chi connectivity index (χ1) is 19.9. The van der Waals surface area contributed by atoms with Crippen LogP contribution in [0.1, 0.15) is 112 Å². The van der Waals surface area contributed by atoms with E-state index in [1.807, 2.05) is 0 Å². The SMILES string of the molecule is CC(C)CCC[C@H](C)C1CCC2[C@H]3CC=C4CC(OC(=O)NCCOC(=O)C(C)(CO)CO)CC[C@@]4(C)C3CC[C@]21C. The molecule has 0 spiro atoms. The Morgan fingerprint density at radius 1 is 1.05 bits per heavy atom. The number of ether oxygens (including phenoxy) is 2. The molecule has 0 saturated heterocycles. The van der Waals surface area contributed by atoms with Gasteiger partial charge < -0.3 is 25.0 Å². The van der Waals surface area contributed by atoms with E-state index in [1.54, 1.807) is 0 Å². The third-order valence-electron chi connectivity index (χ3n) is 12.3. The summed E-state index contributed by atoms with van der Waals surface area (Å²) < 4.78 is 10.9. The van der Waals surface area contributed by atoms with Gasteiger partial charge in [0, 0.05) is 6.42 Å². The largest absolute Gasteiger partial charge is 0.463 e. The maximum Gasteiger partial charge on any atom is 0.407 e. The molecule has 7 heteroatoms. The zero-order valence-corrected chi connectivity index (χ0v) is 27.3. The average Bonchev–Trinajstić information content (AvgIpc) is 3.32. The number of esters is 1. The van der Waals surface area contributed by atoms with Crippen molar-refractivity contribution < 1.29 is 29.3 Å². The van der Waals surface area contributed by atoms with E-state index in [9.17, 15) is 19.8 Å². The molecule has 4 unspecified atom stereocenters. The molecular weight excluding hydrogens is 530 g/mol. The number of amides is 1. The number of alkyl carbamates (subject to hydrolysis) is 1. The number of hydrogen-bond acceptors (Lipinski definition) is 6. The van der Waals surface area contributed by atoms with Crippen molar-refractivity contribution in [1.29, 1.82) is 0 Å². The molecule has 4 rings (SSSR count). The summed E-state index contributed by atoms with van der Waals surface area (Å²) in [5, 5.41) is 21.3. The van der Waals surface area contributed by atoms with E-state index in [-0.39, 0.29) is 24.7 Å². The quantitative estimate of drug-likeness (QED) is 0.134. The molecule has 4 aliphatic rings. The molecule has 0 radical (unpaired) electrons. The monoisotopic (exact) mass is 589 g/mol. The minimum Gasteiger partial charge on any atom is -0.463 e. The van der Waals surface area contributed by atoms with Crippen LogP contribution >= 0.6 is 0 Å². The Morgan fingerprint density at radius 2 is 1.79 bits per heavy atom. The van der Waals surface area contributed by atoms with E-state index in [2.05, 4.69) is 46.0 Å². The summed E-state index contributed by atoms with van der Waals surface area (Å²) in [5.74, 6) is 4.17. The number of nitrogens with one attached hydrogen (secondary N) is 1. The van der Waals surface area contributed by atoms with Crippen molar-refractivity contribution in [1.82, 2.24) is 5.32 Å². The number of hydrogen-bond donors (Lipinski definition) is 3. The van der Waals surface area contributed by atoms with Gasteiger partial charge in [0.1, 0.15) is 18.1 Å². The van der Waals surface area contributed by atoms with Crippen LogP contribution < -0.4 is 5.32 Å². The lowest BCUT2D eigenvalue weighted by Crippen LogP contribution is -2.51. The van der Waals surface area contributed by atoms with Crippen LogP contribution in [0.15, 0.2) is 11.6 Å². The van der Waals surface area contributed by atoms with Crippen LogP contribution in [-0.4, -0.2) is 54.7 Å². The normalized spacial score (nSPS) is 35.0. The van der Waals surface area contributed by atoms with E-state index >= 15 is 0 Å². The number of rotatable bonds is 12. The second kappa shape index (κ2) is 13.6. The summed E-state index contributed by atoms with van der Waals surface area (Å²) in [5.41, 5.74) is 0.849. The van der Waals surface area contributed by atoms with Gasteiger partial charge in [0.05, 0.1) is 19.8 Å². The zero-order valence-electron chi connectivity index (χ0n) is 27.3. The van der Waals surface area contributed by atoms with Crippen molar-refractivity contribution >= 4 is 12.1 Å². The van der Waals surface area contributed by atoms with Gasteiger partial charge in [-0.05, 0) is 98.2 Å². The molecule has 0 aromatic carbocycles. The van der Waals surface area contributed by atoms with Crippen LogP contribution in [0.5, 0.6) is 0 Å². The van der Waals surface area contributed by atoms with E-state index in [1.165, 1.54) is 63.9 Å². The molecule has 240 valence electrons. The lowest BCUT2D eigenvalue weighted by atomic mass is 9.47. The van der Waals surface area contributed by atoms with E-state index in [0.29, 0.717) is 5.41 Å². The van der Waals surface area contributed by atoms with E-state index in [0.717, 1.165) is 54.8 Å². The molecule has 3 fully saturated rings. The van der Waals surface area contributed by atoms with Crippen LogP contribution in [-0.2, 0) is 14.3 Å². The second-order valence-corrected chi connectivity index (χ2v) is 15.5. The van der Waals surface area contributed by atoms with Crippen molar-refractivity contribution in [2.75, 3.05) is 26.4 Å². The highest BCUT2D eigenvalue weighted by Gasteiger charge is 2.59. The van der Waals surface area contributed by atoms with Crippen molar-refractivity contribution in [3.05, 3.63) is 11.6 Å². The molecular formula is C35H59NO6. The van der Waals surface area contributed by atoms with Crippen molar-refractivity contribution in [3.8, 4) is 0 Å². The average molecular weight is 590 g/mol. The molecule has 7 nitrogen and oxygen atoms in total. The molecule has 0 aromatic rings. The smallest absolute Gasteiger partial charge is 0.407 e. The Balaban J connectivity index is 1.28. The van der Waals surface area contributed by atoms with Crippen LogP contribution in [0.2, 0.25) is 0 Å². The third-order valence-corrected chi connectivity index (χ3v) is 12.3. The third kappa shape index (κ3) is 6.72. The van der Waals surface area contributed by atoms with Gasteiger partial charge >= 0.3 is 12.1 Å². The summed E-state index contributed by atoms with van der Waals surface area (Å²) in [6.07, 6.45) is 15.4. The highest BCUT2D eigenvalue weighted by Crippen LogP contribution is 2.67. The van der Waals surface area contributed by atoms with Crippen LogP contribution in [0.25, 0.3) is 0 Å². The number of fused-ring (bicyclic) bond motifs is 5. The van der Waals surface area contributed by atoms with Gasteiger partial charge in [-0.25, -0.2) is 4.79 Å². The van der Waals surface area contributed by atoms with Gasteiger partial charge in [0.15, 0.2) is 0 Å². The van der Waals surface area contributed by atoms with Gasteiger partial charge in [0.25, 0.3) is 0 Å². The number of allylic oxidation sites excluding steroid dienone is 1. The topological polar surface area (TPSA) is 105 Å². The molecule has 1 amide bonds. The van der Waals surface area contributed by atoms with E-state index < -0.39 is 30.7 Å². The number of carbonyl (C=O) groups excluding carboxylic acids is 2. The van der Waals surface area contributed by atoms with Crippen LogP contribution in [0.4, 0.5) is 4.79 Å². The van der Waals surface area contributed by atoms with Crippen LogP contribution in [0, 0.1) is 51.8 Å². The predicted octanol–water partition coefficient (Wildman–Crippen LogP) is 6.66. The molecule has 0 heterocycles. The van der Waals surface area contributed by atoms with Gasteiger partial charge in [-0.2, -0.15) is 0 Å². The van der Waals surface area contributed by atoms with Gasteiger partial charge in [0.2, 0.25) is 0 Å². The summed E-state index contributed by atoms with van der Waals surface area (Å²) in [6.45, 7) is 12.9. The summed E-state index contributed by atoms with van der Waals surface area (Å²) in [7, 11) is 0. The molecule has 4 aliphatic carbocycles. The first kappa shape index (κ1) is 33.3. The Morgan fingerprint density at radius 3 is 2.48 bits per heavy atom. The fourth-order valence-corrected chi connectivity index (χ4v) is 9.60. The lowest BCUT2D eigenvalue weighted by Gasteiger charge is -2.58. The highest BCUT2D eigenvalue weighted by atomic mass is 16.6. The highest BCUT2D eigenvalue weighted by molar-refractivity contribution is 5.76. The first-order valence-corrected chi connectivity index (χ1v) is 16.9. The van der Waals surface area contributed by atoms with Crippen molar-refractivity contribution in [2.45, 2.75) is 118 Å². The lowest BCUT2D eigenvalue weighted by molar-refractivity contribution is -0.159. The first-order valence-electron chi connectivity index (χ1n) is 16.9. The maximum absolute atomic E-state index is 12.5. The molecule has 8 atom stereocenters. The number of carbonyl (C=O) groups is 2. The number of aliphatic hydroxyl groups is 2. The second-order valence-electron chi connectivity index (χ2n) is 15.5. The molecule has 42 heavy (non-hydrogen) atoms. The summed E-state index contributed by atoms with van der Waals surface area (Å²) in [6, 6.07) is 0. The Bertz CT molecular complexity index is 975. The van der Waals surface area contributed by atoms with Crippen LogP contribution in [0.3, 0.4) is 0 Å². The minimum absolute atomic E-state index is 0.0435. The minimum atomic E-state index is -1.34. The summed E-state index contributed by atoms with van der Waals surface area (Å²) in [4.78, 5) is 24.5. The fourth-order valence-electron chi connectivity index (χ4n) is 9.60. The Labute approximate surface area is 254 Å². The fraction of sp³-hybridized carbons (Fsp3) is 0.886. The summed E-state index contributed by atoms with van der Waals surface area (Å²) >= 11 is 0. The van der Waals surface area contributed by atoms with Crippen molar-refractivity contribution in [3.63, 3.8) is 0 Å². The van der Waals surface area contributed by atoms with E-state index in [4.69, 9.17) is 9.47 Å². The predicted molar refractivity (Wildman–Crippen MR) is 165 cm³/mol. The Kier molecular flexibility index (Phi) is 10.8. The van der Waals surface area contributed by atoms with Gasteiger partial charge in [-0.15, -0.1) is 0 Å². The molecule has 0 aliphatic heterocycles. The maximum atomic E-state index is 12.5. The molecule has 0 aromatic heterocycles. The number of aliphatic hydroxyl groups excluding tert-OH is 2. The van der Waals surface area contributed by atoms with Crippen molar-refractivity contribution in [2.24, 2.45) is 51.8 Å². The molecule has 3 N–H and O–H groups in total. The molecule has 3 saturated carbocycles. The zero-order chi connectivity index (χ0) is 30.7. The Hall–Kier alpha value is -1.60. The van der Waals surface area contributed by atoms with Gasteiger partial charge in [-0.3, -0.25) is 4.79 Å². The molecule has 0 bridgehead atoms. The van der Waals surface area contributed by atoms with Gasteiger partial charge in [-0.1, -0.05) is 65.5 Å².